The van der Waals surface area contributed by atoms with Crippen molar-refractivity contribution in [1.82, 2.24) is 5.43 Å². The van der Waals surface area contributed by atoms with Gasteiger partial charge in [0.2, 0.25) is 0 Å². The van der Waals surface area contributed by atoms with E-state index in [9.17, 15) is 0 Å². The lowest BCUT2D eigenvalue weighted by molar-refractivity contribution is -0.159. The third kappa shape index (κ3) is 6.27. The zero-order chi connectivity index (χ0) is 14.0. The van der Waals surface area contributed by atoms with Crippen LogP contribution in [0.1, 0.15) is 5.56 Å². The summed E-state index contributed by atoms with van der Waals surface area (Å²) in [7, 11) is 0. The van der Waals surface area contributed by atoms with Crippen LogP contribution in [0.5, 0.6) is 0 Å². The van der Waals surface area contributed by atoms with E-state index in [0.717, 1.165) is 0 Å². The van der Waals surface area contributed by atoms with Gasteiger partial charge in [-0.15, -0.1) is 0 Å². The van der Waals surface area contributed by atoms with Crippen LogP contribution in [0.2, 0.25) is 0 Å². The van der Waals surface area contributed by atoms with Crippen LogP contribution in [-0.4, -0.2) is 22.2 Å². The molecule has 1 aromatic carbocycles. The largest absolute Gasteiger partial charge is 0.473 e. The average molecular weight is 248 g/mol. The van der Waals surface area contributed by atoms with Crippen molar-refractivity contribution in [3.63, 3.8) is 0 Å². The standard InChI is InChI=1S/C8H6N4.C2H2O4/c9-5-7-2-1-3-8(4-7)12-11-6-10;3-1(4)2(5)6/h1-4,11-12H;(H,3,4)(H,5,6). The molecular formula is C10H8N4O4. The molecule has 1 aromatic rings. The van der Waals surface area contributed by atoms with Crippen LogP contribution in [0.15, 0.2) is 24.3 Å². The summed E-state index contributed by atoms with van der Waals surface area (Å²) in [6.45, 7) is 0. The van der Waals surface area contributed by atoms with Crippen LogP contribution in [0.25, 0.3) is 0 Å². The Hall–Kier alpha value is -3.26. The Balaban J connectivity index is 0.000000411. The first-order valence-corrected chi connectivity index (χ1v) is 4.37. The van der Waals surface area contributed by atoms with Gasteiger partial charge in [-0.25, -0.2) is 15.0 Å². The molecule has 0 heterocycles. The van der Waals surface area contributed by atoms with E-state index in [1.807, 2.05) is 6.07 Å². The lowest BCUT2D eigenvalue weighted by Gasteiger charge is -2.01. The Morgan fingerprint density at radius 3 is 2.22 bits per heavy atom. The summed E-state index contributed by atoms with van der Waals surface area (Å²) in [5, 5.41) is 31.5. The Bertz CT molecular complexity index is 503. The van der Waals surface area contributed by atoms with Crippen molar-refractivity contribution in [1.29, 1.82) is 10.5 Å². The number of nitrogens with one attached hydrogen (secondary N) is 2. The average Bonchev–Trinajstić information content (AvgIpc) is 2.37. The van der Waals surface area contributed by atoms with E-state index < -0.39 is 11.9 Å². The molecule has 0 unspecified atom stereocenters. The van der Waals surface area contributed by atoms with Gasteiger partial charge in [-0.2, -0.15) is 10.5 Å². The maximum atomic E-state index is 9.10. The van der Waals surface area contributed by atoms with Crippen molar-refractivity contribution in [3.05, 3.63) is 29.8 Å². The minimum absolute atomic E-state index is 0.555. The Morgan fingerprint density at radius 1 is 1.17 bits per heavy atom. The normalized spacial score (nSPS) is 7.67. The number of carbonyl (C=O) groups is 2. The first-order chi connectivity index (χ1) is 8.51. The monoisotopic (exact) mass is 248 g/mol. The lowest BCUT2D eigenvalue weighted by atomic mass is 10.2. The highest BCUT2D eigenvalue weighted by Gasteiger charge is 2.04. The Kier molecular flexibility index (Phi) is 6.52. The van der Waals surface area contributed by atoms with Gasteiger partial charge in [0.15, 0.2) is 6.19 Å². The molecule has 0 spiro atoms. The van der Waals surface area contributed by atoms with Crippen LogP contribution in [0.4, 0.5) is 5.69 Å². The number of anilines is 1. The summed E-state index contributed by atoms with van der Waals surface area (Å²) in [5.41, 5.74) is 6.11. The number of nitrogens with zero attached hydrogens (tertiary/aromatic N) is 2. The van der Waals surface area contributed by atoms with Gasteiger partial charge < -0.3 is 10.2 Å². The van der Waals surface area contributed by atoms with Crippen molar-refractivity contribution < 1.29 is 19.8 Å². The van der Waals surface area contributed by atoms with Crippen LogP contribution in [-0.2, 0) is 9.59 Å². The fourth-order valence-corrected chi connectivity index (χ4v) is 0.767. The minimum Gasteiger partial charge on any atom is -0.473 e. The Labute approximate surface area is 102 Å². The van der Waals surface area contributed by atoms with E-state index in [4.69, 9.17) is 30.3 Å². The number of carboxylic acid groups (broad SMARTS) is 2. The third-order valence-electron chi connectivity index (χ3n) is 1.44. The van der Waals surface area contributed by atoms with Gasteiger partial charge in [0.1, 0.15) is 0 Å². The number of hydrogen-bond donors (Lipinski definition) is 4. The minimum atomic E-state index is -1.82. The topological polar surface area (TPSA) is 146 Å². The lowest BCUT2D eigenvalue weighted by Crippen LogP contribution is -2.14. The van der Waals surface area contributed by atoms with Crippen LogP contribution >= 0.6 is 0 Å². The second-order valence-corrected chi connectivity index (χ2v) is 2.66. The van der Waals surface area contributed by atoms with Gasteiger partial charge in [0.25, 0.3) is 0 Å². The molecule has 1 rings (SSSR count). The van der Waals surface area contributed by atoms with Crippen LogP contribution < -0.4 is 10.9 Å². The van der Waals surface area contributed by atoms with Crippen molar-refractivity contribution in [2.45, 2.75) is 0 Å². The molecule has 18 heavy (non-hydrogen) atoms. The van der Waals surface area contributed by atoms with Gasteiger partial charge in [-0.3, -0.25) is 5.43 Å². The molecule has 8 nitrogen and oxygen atoms in total. The predicted octanol–water partition coefficient (Wildman–Crippen LogP) is 0.111. The van der Waals surface area contributed by atoms with Gasteiger partial charge in [-0.05, 0) is 18.2 Å². The van der Waals surface area contributed by atoms with Crippen molar-refractivity contribution in [2.75, 3.05) is 5.43 Å². The first-order valence-electron chi connectivity index (χ1n) is 4.37. The summed E-state index contributed by atoms with van der Waals surface area (Å²) < 4.78 is 0. The van der Waals surface area contributed by atoms with Crippen molar-refractivity contribution >= 4 is 17.6 Å². The zero-order valence-corrected chi connectivity index (χ0v) is 8.91. The van der Waals surface area contributed by atoms with Crippen molar-refractivity contribution in [2.24, 2.45) is 0 Å². The quantitative estimate of drug-likeness (QED) is 0.249. The number of hydrogen-bond acceptors (Lipinski definition) is 6. The van der Waals surface area contributed by atoms with E-state index in [0.29, 0.717) is 11.3 Å². The first kappa shape index (κ1) is 14.7. The summed E-state index contributed by atoms with van der Waals surface area (Å²) in [5.74, 6) is -3.65. The molecule has 0 aliphatic carbocycles. The smallest absolute Gasteiger partial charge is 0.414 e. The zero-order valence-electron chi connectivity index (χ0n) is 8.91. The Morgan fingerprint density at radius 2 is 1.78 bits per heavy atom. The number of aliphatic carboxylic acids is 2. The van der Waals surface area contributed by atoms with Crippen molar-refractivity contribution in [3.8, 4) is 12.3 Å². The number of hydrazine groups is 1. The summed E-state index contributed by atoms with van der Waals surface area (Å²) in [4.78, 5) is 18.2. The second-order valence-electron chi connectivity index (χ2n) is 2.66. The van der Waals surface area contributed by atoms with Crippen LogP contribution in [0.3, 0.4) is 0 Å². The predicted molar refractivity (Wildman–Crippen MR) is 58.8 cm³/mol. The highest BCUT2D eigenvalue weighted by Crippen LogP contribution is 2.07. The van der Waals surface area contributed by atoms with E-state index in [2.05, 4.69) is 10.9 Å². The maximum Gasteiger partial charge on any atom is 0.414 e. The fourth-order valence-electron chi connectivity index (χ4n) is 0.767. The number of rotatable bonds is 2. The van der Waals surface area contributed by atoms with E-state index in [1.165, 1.54) is 0 Å². The molecule has 92 valence electrons. The van der Waals surface area contributed by atoms with Gasteiger partial charge in [0, 0.05) is 0 Å². The molecule has 0 bridgehead atoms. The van der Waals surface area contributed by atoms with Gasteiger partial charge >= 0.3 is 11.9 Å². The maximum absolute atomic E-state index is 9.10. The SMILES string of the molecule is N#CNNc1cccc(C#N)c1.O=C(O)C(=O)O. The van der Waals surface area contributed by atoms with E-state index in [1.54, 1.807) is 30.5 Å². The molecule has 0 aromatic heterocycles. The third-order valence-corrected chi connectivity index (χ3v) is 1.44. The molecule has 0 amide bonds. The van der Waals surface area contributed by atoms with Gasteiger partial charge in [-0.1, -0.05) is 6.07 Å². The molecule has 8 heteroatoms. The molecule has 0 radical (unpaired) electrons. The molecule has 0 saturated heterocycles. The summed E-state index contributed by atoms with van der Waals surface area (Å²) >= 11 is 0. The fraction of sp³-hybridized carbons (Fsp3) is 0. The molecule has 0 aliphatic rings. The highest BCUT2D eigenvalue weighted by atomic mass is 16.4. The van der Waals surface area contributed by atoms with Crippen LogP contribution in [0, 0.1) is 22.8 Å². The molecular weight excluding hydrogens is 240 g/mol. The molecule has 0 fully saturated rings. The second kappa shape index (κ2) is 7.96. The highest BCUT2D eigenvalue weighted by molar-refractivity contribution is 6.27. The number of benzene rings is 1. The van der Waals surface area contributed by atoms with E-state index in [-0.39, 0.29) is 0 Å². The summed E-state index contributed by atoms with van der Waals surface area (Å²) in [6.07, 6.45) is 1.71. The number of carboxylic acids is 2. The number of nitriles is 2. The summed E-state index contributed by atoms with van der Waals surface area (Å²) in [6, 6.07) is 8.82. The molecule has 0 atom stereocenters. The van der Waals surface area contributed by atoms with Gasteiger partial charge in [0.05, 0.1) is 17.3 Å². The molecule has 0 saturated carbocycles. The molecule has 0 aliphatic heterocycles. The molecule has 4 N–H and O–H groups in total. The van der Waals surface area contributed by atoms with E-state index >= 15 is 0 Å².